The zero-order valence-corrected chi connectivity index (χ0v) is 16.9. The van der Waals surface area contributed by atoms with E-state index in [1.807, 2.05) is 0 Å². The molecule has 0 aliphatic heterocycles. The van der Waals surface area contributed by atoms with Crippen molar-refractivity contribution in [3.05, 3.63) is 33.8 Å². The van der Waals surface area contributed by atoms with Crippen LogP contribution in [0.4, 0.5) is 0 Å². The number of carbonyl (C=O) groups is 2. The molecule has 25 heavy (non-hydrogen) atoms. The molecular weight excluding hydrogens is 384 g/mol. The molecule has 1 aromatic rings. The van der Waals surface area contributed by atoms with Crippen molar-refractivity contribution in [3.8, 4) is 0 Å². The number of halogens is 1. The summed E-state index contributed by atoms with van der Waals surface area (Å²) in [6.45, 7) is 5.01. The average Bonchev–Trinajstić information content (AvgIpc) is 2.61. The molecule has 5 heteroatoms. The maximum absolute atomic E-state index is 12.3. The molecule has 140 valence electrons. The van der Waals surface area contributed by atoms with Gasteiger partial charge in [-0.2, -0.15) is 0 Å². The van der Waals surface area contributed by atoms with Gasteiger partial charge in [-0.1, -0.05) is 68.3 Å². The number of ether oxygens (including phenoxy) is 2. The first-order valence-electron chi connectivity index (χ1n) is 9.24. The largest absolute Gasteiger partial charge is 0.462 e. The van der Waals surface area contributed by atoms with Gasteiger partial charge >= 0.3 is 11.9 Å². The standard InChI is InChI=1S/C20H29BrO4/c1-3-5-7-9-13-24-19(22)17-12-11-16(21)15-18(17)20(23)25-14-10-8-6-4-2/h11-12,15H,3-10,13-14H2,1-2H3. The summed E-state index contributed by atoms with van der Waals surface area (Å²) < 4.78 is 11.3. The van der Waals surface area contributed by atoms with E-state index in [9.17, 15) is 9.59 Å². The van der Waals surface area contributed by atoms with Gasteiger partial charge in [-0.05, 0) is 31.0 Å². The Labute approximate surface area is 159 Å². The van der Waals surface area contributed by atoms with Crippen molar-refractivity contribution in [1.82, 2.24) is 0 Å². The summed E-state index contributed by atoms with van der Waals surface area (Å²) in [6.07, 6.45) is 8.28. The quantitative estimate of drug-likeness (QED) is 0.315. The highest BCUT2D eigenvalue weighted by Crippen LogP contribution is 2.19. The highest BCUT2D eigenvalue weighted by Gasteiger charge is 2.20. The van der Waals surface area contributed by atoms with E-state index in [1.54, 1.807) is 18.2 Å². The highest BCUT2D eigenvalue weighted by atomic mass is 79.9. The molecule has 0 heterocycles. The first kappa shape index (κ1) is 21.7. The van der Waals surface area contributed by atoms with Crippen LogP contribution in [0, 0.1) is 0 Å². The van der Waals surface area contributed by atoms with Crippen LogP contribution < -0.4 is 0 Å². The predicted octanol–water partition coefficient (Wildman–Crippen LogP) is 5.92. The van der Waals surface area contributed by atoms with E-state index in [1.165, 1.54) is 0 Å². The molecule has 0 N–H and O–H groups in total. The van der Waals surface area contributed by atoms with Crippen molar-refractivity contribution in [1.29, 1.82) is 0 Å². The normalized spacial score (nSPS) is 10.5. The monoisotopic (exact) mass is 412 g/mol. The Morgan fingerprint density at radius 2 is 1.32 bits per heavy atom. The molecule has 0 amide bonds. The van der Waals surface area contributed by atoms with Gasteiger partial charge in [0, 0.05) is 4.47 Å². The van der Waals surface area contributed by atoms with E-state index < -0.39 is 11.9 Å². The number of hydrogen-bond donors (Lipinski definition) is 0. The fraction of sp³-hybridized carbons (Fsp3) is 0.600. The van der Waals surface area contributed by atoms with E-state index >= 15 is 0 Å². The van der Waals surface area contributed by atoms with Gasteiger partial charge in [-0.25, -0.2) is 9.59 Å². The minimum atomic E-state index is -0.476. The third-order valence-electron chi connectivity index (χ3n) is 3.88. The van der Waals surface area contributed by atoms with Crippen LogP contribution in [0.1, 0.15) is 85.9 Å². The first-order chi connectivity index (χ1) is 12.1. The first-order valence-corrected chi connectivity index (χ1v) is 10.0. The molecule has 0 unspecified atom stereocenters. The lowest BCUT2D eigenvalue weighted by Gasteiger charge is -2.10. The molecule has 0 bridgehead atoms. The van der Waals surface area contributed by atoms with Crippen molar-refractivity contribution in [3.63, 3.8) is 0 Å². The predicted molar refractivity (Wildman–Crippen MR) is 103 cm³/mol. The smallest absolute Gasteiger partial charge is 0.339 e. The Morgan fingerprint density at radius 3 is 1.84 bits per heavy atom. The van der Waals surface area contributed by atoms with Crippen LogP contribution in [0.2, 0.25) is 0 Å². The second-order valence-electron chi connectivity index (χ2n) is 6.08. The van der Waals surface area contributed by atoms with Gasteiger partial charge in [0.2, 0.25) is 0 Å². The second kappa shape index (κ2) is 12.9. The highest BCUT2D eigenvalue weighted by molar-refractivity contribution is 9.10. The molecular formula is C20H29BrO4. The Morgan fingerprint density at radius 1 is 0.800 bits per heavy atom. The van der Waals surface area contributed by atoms with Gasteiger partial charge < -0.3 is 9.47 Å². The minimum absolute atomic E-state index is 0.253. The van der Waals surface area contributed by atoms with Gasteiger partial charge in [0.05, 0.1) is 24.3 Å². The Balaban J connectivity index is 2.61. The fourth-order valence-corrected chi connectivity index (χ4v) is 2.77. The zero-order chi connectivity index (χ0) is 18.5. The summed E-state index contributed by atoms with van der Waals surface area (Å²) >= 11 is 3.34. The van der Waals surface area contributed by atoms with Gasteiger partial charge in [0.25, 0.3) is 0 Å². The molecule has 0 aromatic heterocycles. The van der Waals surface area contributed by atoms with Gasteiger partial charge in [0.15, 0.2) is 0 Å². The maximum atomic E-state index is 12.3. The van der Waals surface area contributed by atoms with Gasteiger partial charge in [-0.15, -0.1) is 0 Å². The van der Waals surface area contributed by atoms with E-state index in [-0.39, 0.29) is 11.1 Å². The Kier molecular flexibility index (Phi) is 11.2. The van der Waals surface area contributed by atoms with Crippen LogP contribution in [0.25, 0.3) is 0 Å². The number of rotatable bonds is 12. The number of benzene rings is 1. The van der Waals surface area contributed by atoms with Crippen LogP contribution in [-0.4, -0.2) is 25.2 Å². The minimum Gasteiger partial charge on any atom is -0.462 e. The van der Waals surface area contributed by atoms with E-state index in [4.69, 9.17) is 9.47 Å². The maximum Gasteiger partial charge on any atom is 0.339 e. The number of esters is 2. The number of hydrogen-bond acceptors (Lipinski definition) is 4. The van der Waals surface area contributed by atoms with Gasteiger partial charge in [0.1, 0.15) is 0 Å². The lowest BCUT2D eigenvalue weighted by molar-refractivity contribution is 0.0450. The van der Waals surface area contributed by atoms with E-state index in [0.717, 1.165) is 55.8 Å². The van der Waals surface area contributed by atoms with Crippen molar-refractivity contribution in [2.45, 2.75) is 65.2 Å². The van der Waals surface area contributed by atoms with Crippen LogP contribution in [0.5, 0.6) is 0 Å². The van der Waals surface area contributed by atoms with Crippen molar-refractivity contribution >= 4 is 27.9 Å². The van der Waals surface area contributed by atoms with Crippen LogP contribution in [0.3, 0.4) is 0 Å². The molecule has 0 radical (unpaired) electrons. The molecule has 0 atom stereocenters. The Hall–Kier alpha value is -1.36. The lowest BCUT2D eigenvalue weighted by Crippen LogP contribution is -2.15. The van der Waals surface area contributed by atoms with Crippen molar-refractivity contribution in [2.75, 3.05) is 13.2 Å². The van der Waals surface area contributed by atoms with E-state index in [0.29, 0.717) is 13.2 Å². The summed E-state index contributed by atoms with van der Waals surface area (Å²) in [5.41, 5.74) is 0.515. The van der Waals surface area contributed by atoms with E-state index in [2.05, 4.69) is 29.8 Å². The molecule has 4 nitrogen and oxygen atoms in total. The Bertz CT molecular complexity index is 542. The number of carbonyl (C=O) groups excluding carboxylic acids is 2. The molecule has 1 aromatic carbocycles. The third kappa shape index (κ3) is 8.52. The molecule has 0 fully saturated rings. The third-order valence-corrected chi connectivity index (χ3v) is 4.38. The summed E-state index contributed by atoms with van der Waals surface area (Å²) in [6, 6.07) is 4.94. The summed E-state index contributed by atoms with van der Waals surface area (Å²) in [7, 11) is 0. The zero-order valence-electron chi connectivity index (χ0n) is 15.3. The topological polar surface area (TPSA) is 52.6 Å². The average molecular weight is 413 g/mol. The summed E-state index contributed by atoms with van der Waals surface area (Å²) in [5.74, 6) is -0.947. The van der Waals surface area contributed by atoms with Gasteiger partial charge in [-0.3, -0.25) is 0 Å². The summed E-state index contributed by atoms with van der Waals surface area (Å²) in [5, 5.41) is 0. The van der Waals surface area contributed by atoms with Crippen LogP contribution in [-0.2, 0) is 9.47 Å². The summed E-state index contributed by atoms with van der Waals surface area (Å²) in [4.78, 5) is 24.6. The molecule has 0 saturated heterocycles. The number of unbranched alkanes of at least 4 members (excludes halogenated alkanes) is 6. The SMILES string of the molecule is CCCCCCOC(=O)c1ccc(Br)cc1C(=O)OCCCCCC. The molecule has 0 spiro atoms. The van der Waals surface area contributed by atoms with Crippen LogP contribution >= 0.6 is 15.9 Å². The molecule has 1 rings (SSSR count). The molecule has 0 aliphatic carbocycles. The van der Waals surface area contributed by atoms with Crippen molar-refractivity contribution in [2.24, 2.45) is 0 Å². The lowest BCUT2D eigenvalue weighted by atomic mass is 10.1. The fourth-order valence-electron chi connectivity index (χ4n) is 2.41. The van der Waals surface area contributed by atoms with Crippen LogP contribution in [0.15, 0.2) is 22.7 Å². The molecule has 0 saturated carbocycles. The van der Waals surface area contributed by atoms with Crippen molar-refractivity contribution < 1.29 is 19.1 Å². The second-order valence-corrected chi connectivity index (χ2v) is 7.00. The molecule has 0 aliphatic rings.